The number of rotatable bonds is 4. The molecule has 1 atom stereocenters. The van der Waals surface area contributed by atoms with Gasteiger partial charge in [-0.3, -0.25) is 0 Å². The molecule has 0 aromatic carbocycles. The molecule has 0 amide bonds. The van der Waals surface area contributed by atoms with Gasteiger partial charge in [0, 0.05) is 23.8 Å². The molecule has 0 bridgehead atoms. The standard InChI is InChI=1S/C11H18N2S/c1-2-8(6-12)10-7-14-11(13-10)9-4-3-5-9/h7-9H,2-6,12H2,1H3. The quantitative estimate of drug-likeness (QED) is 0.830. The van der Waals surface area contributed by atoms with Crippen molar-refractivity contribution in [2.45, 2.75) is 44.4 Å². The van der Waals surface area contributed by atoms with Crippen LogP contribution in [0.3, 0.4) is 0 Å². The molecule has 1 saturated carbocycles. The summed E-state index contributed by atoms with van der Waals surface area (Å²) < 4.78 is 0. The Morgan fingerprint density at radius 3 is 2.93 bits per heavy atom. The number of nitrogens with two attached hydrogens (primary N) is 1. The monoisotopic (exact) mass is 210 g/mol. The summed E-state index contributed by atoms with van der Waals surface area (Å²) >= 11 is 1.83. The van der Waals surface area contributed by atoms with Gasteiger partial charge in [-0.15, -0.1) is 11.3 Å². The predicted molar refractivity (Wildman–Crippen MR) is 60.8 cm³/mol. The van der Waals surface area contributed by atoms with Crippen molar-refractivity contribution >= 4 is 11.3 Å². The molecule has 14 heavy (non-hydrogen) atoms. The van der Waals surface area contributed by atoms with Crippen molar-refractivity contribution < 1.29 is 0 Å². The van der Waals surface area contributed by atoms with Gasteiger partial charge in [0.05, 0.1) is 10.7 Å². The average molecular weight is 210 g/mol. The highest BCUT2D eigenvalue weighted by molar-refractivity contribution is 7.09. The summed E-state index contributed by atoms with van der Waals surface area (Å²) in [6.07, 6.45) is 5.16. The highest BCUT2D eigenvalue weighted by Crippen LogP contribution is 2.38. The van der Waals surface area contributed by atoms with Crippen molar-refractivity contribution in [3.63, 3.8) is 0 Å². The Morgan fingerprint density at radius 1 is 1.64 bits per heavy atom. The minimum Gasteiger partial charge on any atom is -0.330 e. The molecule has 2 nitrogen and oxygen atoms in total. The zero-order valence-electron chi connectivity index (χ0n) is 8.70. The molecule has 1 heterocycles. The molecule has 78 valence electrons. The Bertz CT molecular complexity index is 287. The van der Waals surface area contributed by atoms with E-state index in [0.29, 0.717) is 5.92 Å². The Balaban J connectivity index is 2.07. The maximum atomic E-state index is 5.71. The van der Waals surface area contributed by atoms with Crippen LogP contribution in [-0.2, 0) is 0 Å². The zero-order valence-corrected chi connectivity index (χ0v) is 9.52. The van der Waals surface area contributed by atoms with Crippen molar-refractivity contribution in [3.8, 4) is 0 Å². The van der Waals surface area contributed by atoms with Crippen molar-refractivity contribution in [1.82, 2.24) is 4.98 Å². The summed E-state index contributed by atoms with van der Waals surface area (Å²) in [5, 5.41) is 3.55. The molecule has 1 unspecified atom stereocenters. The molecule has 1 aromatic rings. The van der Waals surface area contributed by atoms with Crippen LogP contribution in [0.5, 0.6) is 0 Å². The summed E-state index contributed by atoms with van der Waals surface area (Å²) in [6, 6.07) is 0. The molecule has 0 radical (unpaired) electrons. The van der Waals surface area contributed by atoms with Crippen molar-refractivity contribution in [2.24, 2.45) is 5.73 Å². The summed E-state index contributed by atoms with van der Waals surface area (Å²) in [7, 11) is 0. The predicted octanol–water partition coefficient (Wildman–Crippen LogP) is 2.86. The summed E-state index contributed by atoms with van der Waals surface area (Å²) in [4.78, 5) is 4.71. The van der Waals surface area contributed by atoms with Gasteiger partial charge in [-0.25, -0.2) is 4.98 Å². The summed E-state index contributed by atoms with van der Waals surface area (Å²) in [5.41, 5.74) is 6.94. The fourth-order valence-electron chi connectivity index (χ4n) is 1.83. The number of hydrogen-bond acceptors (Lipinski definition) is 3. The van der Waals surface area contributed by atoms with E-state index in [2.05, 4.69) is 12.3 Å². The van der Waals surface area contributed by atoms with Crippen LogP contribution in [0.2, 0.25) is 0 Å². The molecule has 0 spiro atoms. The summed E-state index contributed by atoms with van der Waals surface area (Å²) in [6.45, 7) is 2.91. The van der Waals surface area contributed by atoms with E-state index in [0.717, 1.165) is 18.9 Å². The Hall–Kier alpha value is -0.410. The lowest BCUT2D eigenvalue weighted by Crippen LogP contribution is -2.13. The van der Waals surface area contributed by atoms with Gasteiger partial charge in [0.25, 0.3) is 0 Å². The first-order valence-corrected chi connectivity index (χ1v) is 6.38. The topological polar surface area (TPSA) is 38.9 Å². The van der Waals surface area contributed by atoms with E-state index >= 15 is 0 Å². The van der Waals surface area contributed by atoms with E-state index in [1.807, 2.05) is 11.3 Å². The van der Waals surface area contributed by atoms with E-state index in [1.54, 1.807) is 0 Å². The molecule has 0 aliphatic heterocycles. The third-order valence-electron chi connectivity index (χ3n) is 3.19. The van der Waals surface area contributed by atoms with Gasteiger partial charge in [-0.1, -0.05) is 13.3 Å². The van der Waals surface area contributed by atoms with Gasteiger partial charge < -0.3 is 5.73 Å². The van der Waals surface area contributed by atoms with Gasteiger partial charge in [0.1, 0.15) is 0 Å². The fraction of sp³-hybridized carbons (Fsp3) is 0.727. The van der Waals surface area contributed by atoms with Crippen LogP contribution in [0.15, 0.2) is 5.38 Å². The van der Waals surface area contributed by atoms with E-state index in [9.17, 15) is 0 Å². The lowest BCUT2D eigenvalue weighted by molar-refractivity contribution is 0.417. The lowest BCUT2D eigenvalue weighted by atomic mass is 9.86. The highest BCUT2D eigenvalue weighted by Gasteiger charge is 2.23. The number of aromatic nitrogens is 1. The molecule has 1 fully saturated rings. The summed E-state index contributed by atoms with van der Waals surface area (Å²) in [5.74, 6) is 1.24. The zero-order chi connectivity index (χ0) is 9.97. The van der Waals surface area contributed by atoms with Gasteiger partial charge in [-0.05, 0) is 19.3 Å². The minimum atomic E-state index is 0.472. The van der Waals surface area contributed by atoms with Crippen LogP contribution in [-0.4, -0.2) is 11.5 Å². The smallest absolute Gasteiger partial charge is 0.0959 e. The molecular weight excluding hydrogens is 192 g/mol. The number of hydrogen-bond donors (Lipinski definition) is 1. The van der Waals surface area contributed by atoms with Crippen molar-refractivity contribution in [2.75, 3.05) is 6.54 Å². The van der Waals surface area contributed by atoms with Crippen LogP contribution in [0.25, 0.3) is 0 Å². The van der Waals surface area contributed by atoms with Gasteiger partial charge >= 0.3 is 0 Å². The molecular formula is C11H18N2S. The Morgan fingerprint density at radius 2 is 2.43 bits per heavy atom. The van der Waals surface area contributed by atoms with Crippen LogP contribution in [0.4, 0.5) is 0 Å². The second-order valence-electron chi connectivity index (χ2n) is 4.08. The number of nitrogens with zero attached hydrogens (tertiary/aromatic N) is 1. The molecule has 1 aliphatic rings. The molecule has 3 heteroatoms. The average Bonchev–Trinajstić information content (AvgIpc) is 2.53. The third kappa shape index (κ3) is 1.84. The van der Waals surface area contributed by atoms with Crippen molar-refractivity contribution in [1.29, 1.82) is 0 Å². The second kappa shape index (κ2) is 4.41. The lowest BCUT2D eigenvalue weighted by Gasteiger charge is -2.22. The molecule has 0 saturated heterocycles. The van der Waals surface area contributed by atoms with Crippen LogP contribution < -0.4 is 5.73 Å². The third-order valence-corrected chi connectivity index (χ3v) is 4.22. The maximum absolute atomic E-state index is 5.71. The van der Waals surface area contributed by atoms with Gasteiger partial charge in [0.15, 0.2) is 0 Å². The normalized spacial score (nSPS) is 19.3. The van der Waals surface area contributed by atoms with Gasteiger partial charge in [-0.2, -0.15) is 0 Å². The van der Waals surface area contributed by atoms with Crippen LogP contribution >= 0.6 is 11.3 Å². The first-order valence-electron chi connectivity index (χ1n) is 5.50. The molecule has 2 N–H and O–H groups in total. The number of thiazole rings is 1. The first kappa shape index (κ1) is 10.1. The minimum absolute atomic E-state index is 0.472. The van der Waals surface area contributed by atoms with E-state index in [4.69, 9.17) is 10.7 Å². The molecule has 1 aliphatic carbocycles. The van der Waals surface area contributed by atoms with Gasteiger partial charge in [0.2, 0.25) is 0 Å². The second-order valence-corrected chi connectivity index (χ2v) is 4.97. The van der Waals surface area contributed by atoms with Crippen LogP contribution in [0.1, 0.15) is 55.1 Å². The van der Waals surface area contributed by atoms with E-state index in [1.165, 1.54) is 30.0 Å². The molecule has 2 rings (SSSR count). The van der Waals surface area contributed by atoms with E-state index < -0.39 is 0 Å². The highest BCUT2D eigenvalue weighted by atomic mass is 32.1. The first-order chi connectivity index (χ1) is 6.85. The van der Waals surface area contributed by atoms with Crippen LogP contribution in [0, 0.1) is 0 Å². The van der Waals surface area contributed by atoms with E-state index in [-0.39, 0.29) is 0 Å². The Kier molecular flexibility index (Phi) is 3.19. The SMILES string of the molecule is CCC(CN)c1csc(C2CCC2)n1. The van der Waals surface area contributed by atoms with Crippen molar-refractivity contribution in [3.05, 3.63) is 16.1 Å². The maximum Gasteiger partial charge on any atom is 0.0959 e. The fourth-order valence-corrected chi connectivity index (χ4v) is 2.90. The molecule has 1 aromatic heterocycles. The Labute approximate surface area is 89.5 Å². The largest absolute Gasteiger partial charge is 0.330 e.